The molecule has 1 aliphatic heterocycles. The Kier molecular flexibility index (Phi) is 5.96. The van der Waals surface area contributed by atoms with Gasteiger partial charge in [-0.1, -0.05) is 37.6 Å². The van der Waals surface area contributed by atoms with Crippen LogP contribution in [0.5, 0.6) is 0 Å². The maximum atomic E-state index is 12.7. The van der Waals surface area contributed by atoms with E-state index in [-0.39, 0.29) is 25.0 Å². The van der Waals surface area contributed by atoms with Crippen molar-refractivity contribution in [1.82, 2.24) is 5.01 Å². The van der Waals surface area contributed by atoms with Crippen LogP contribution in [0.3, 0.4) is 0 Å². The van der Waals surface area contributed by atoms with E-state index in [4.69, 9.17) is 20.8 Å². The van der Waals surface area contributed by atoms with Crippen LogP contribution in [0.1, 0.15) is 44.1 Å². The fourth-order valence-electron chi connectivity index (χ4n) is 2.86. The molecule has 2 aromatic rings. The maximum Gasteiger partial charge on any atom is 0.306 e. The summed E-state index contributed by atoms with van der Waals surface area (Å²) < 4.78 is 10.6. The molecule has 0 bridgehead atoms. The number of halogens is 1. The predicted octanol–water partition coefficient (Wildman–Crippen LogP) is 4.20. The van der Waals surface area contributed by atoms with Crippen molar-refractivity contribution in [2.24, 2.45) is 11.0 Å². The van der Waals surface area contributed by atoms with Gasteiger partial charge in [0.1, 0.15) is 11.8 Å². The smallest absolute Gasteiger partial charge is 0.306 e. The summed E-state index contributed by atoms with van der Waals surface area (Å²) in [5.41, 5.74) is 1.62. The summed E-state index contributed by atoms with van der Waals surface area (Å²) in [5.74, 6) is 0.0147. The average Bonchev–Trinajstić information content (AvgIpc) is 3.29. The second-order valence-corrected chi connectivity index (χ2v) is 7.22. The highest BCUT2D eigenvalue weighted by molar-refractivity contribution is 6.30. The number of ether oxygens (including phenoxy) is 1. The van der Waals surface area contributed by atoms with Crippen molar-refractivity contribution in [1.29, 1.82) is 0 Å². The van der Waals surface area contributed by atoms with Crippen LogP contribution in [0.25, 0.3) is 0 Å². The quantitative estimate of drug-likeness (QED) is 0.695. The molecule has 0 radical (unpaired) electrons. The normalized spacial score (nSPS) is 16.5. The van der Waals surface area contributed by atoms with E-state index in [9.17, 15) is 9.59 Å². The van der Waals surface area contributed by atoms with Crippen molar-refractivity contribution >= 4 is 29.2 Å². The maximum absolute atomic E-state index is 12.7. The van der Waals surface area contributed by atoms with E-state index in [1.54, 1.807) is 30.5 Å². The topological polar surface area (TPSA) is 72.1 Å². The molecule has 142 valence electrons. The van der Waals surface area contributed by atoms with E-state index in [0.717, 1.165) is 11.3 Å². The number of esters is 1. The summed E-state index contributed by atoms with van der Waals surface area (Å²) in [4.78, 5) is 24.4. The molecule has 27 heavy (non-hydrogen) atoms. The molecule has 1 aromatic carbocycles. The number of hydrazone groups is 1. The largest absolute Gasteiger partial charge is 0.467 e. The Hall–Kier alpha value is -2.60. The Labute approximate surface area is 162 Å². The highest BCUT2D eigenvalue weighted by Gasteiger charge is 2.35. The fraction of sp³-hybridized carbons (Fsp3) is 0.350. The van der Waals surface area contributed by atoms with Gasteiger partial charge in [-0.25, -0.2) is 5.01 Å². The molecule has 3 rings (SSSR count). The van der Waals surface area contributed by atoms with Crippen LogP contribution in [0, 0.1) is 5.92 Å². The van der Waals surface area contributed by atoms with Crippen molar-refractivity contribution in [3.63, 3.8) is 0 Å². The molecule has 1 atom stereocenters. The third-order valence-corrected chi connectivity index (χ3v) is 4.40. The van der Waals surface area contributed by atoms with Crippen LogP contribution in [-0.2, 0) is 14.3 Å². The average molecular weight is 389 g/mol. The standard InChI is InChI=1S/C20H21ClN2O4/c1-13(2)10-20(25)27-12-19(24)23-17(18-4-3-9-26-18)11-16(22-23)14-5-7-15(21)8-6-14/h3-9,13,17H,10-12H2,1-2H3. The van der Waals surface area contributed by atoms with Gasteiger partial charge < -0.3 is 9.15 Å². The predicted molar refractivity (Wildman–Crippen MR) is 101 cm³/mol. The van der Waals surface area contributed by atoms with Gasteiger partial charge in [0.15, 0.2) is 6.61 Å². The molecule has 0 aliphatic carbocycles. The highest BCUT2D eigenvalue weighted by Crippen LogP contribution is 2.33. The van der Waals surface area contributed by atoms with Gasteiger partial charge in [0, 0.05) is 17.9 Å². The summed E-state index contributed by atoms with van der Waals surface area (Å²) in [5, 5.41) is 6.44. The number of rotatable bonds is 6. The fourth-order valence-corrected chi connectivity index (χ4v) is 2.99. The summed E-state index contributed by atoms with van der Waals surface area (Å²) in [6.45, 7) is 3.48. The number of hydrogen-bond donors (Lipinski definition) is 0. The minimum absolute atomic E-state index is 0.171. The Morgan fingerprint density at radius 3 is 2.67 bits per heavy atom. The van der Waals surface area contributed by atoms with Gasteiger partial charge in [0.2, 0.25) is 0 Å². The van der Waals surface area contributed by atoms with Crippen LogP contribution >= 0.6 is 11.6 Å². The van der Waals surface area contributed by atoms with Gasteiger partial charge in [-0.2, -0.15) is 5.10 Å². The monoisotopic (exact) mass is 388 g/mol. The molecule has 0 fully saturated rings. The minimum Gasteiger partial charge on any atom is -0.467 e. The molecule has 1 amide bonds. The van der Waals surface area contributed by atoms with Gasteiger partial charge >= 0.3 is 5.97 Å². The zero-order chi connectivity index (χ0) is 19.4. The first-order valence-corrected chi connectivity index (χ1v) is 9.16. The van der Waals surface area contributed by atoms with E-state index in [1.807, 2.05) is 26.0 Å². The lowest BCUT2D eigenvalue weighted by molar-refractivity contribution is -0.153. The molecule has 0 saturated heterocycles. The molecular weight excluding hydrogens is 368 g/mol. The summed E-state index contributed by atoms with van der Waals surface area (Å²) in [7, 11) is 0. The molecule has 6 nitrogen and oxygen atoms in total. The molecule has 2 heterocycles. The number of benzene rings is 1. The molecule has 1 aliphatic rings. The lowest BCUT2D eigenvalue weighted by atomic mass is 10.0. The van der Waals surface area contributed by atoms with Gasteiger partial charge in [-0.3, -0.25) is 9.59 Å². The Morgan fingerprint density at radius 2 is 2.04 bits per heavy atom. The molecular formula is C20H21ClN2O4. The lowest BCUT2D eigenvalue weighted by Gasteiger charge is -2.19. The molecule has 7 heteroatoms. The van der Waals surface area contributed by atoms with Crippen LogP contribution < -0.4 is 0 Å². The summed E-state index contributed by atoms with van der Waals surface area (Å²) >= 11 is 5.95. The Morgan fingerprint density at radius 1 is 1.30 bits per heavy atom. The van der Waals surface area contributed by atoms with E-state index >= 15 is 0 Å². The van der Waals surface area contributed by atoms with E-state index in [0.29, 0.717) is 17.2 Å². The number of furan rings is 1. The summed E-state index contributed by atoms with van der Waals surface area (Å²) in [6, 6.07) is 10.5. The van der Waals surface area contributed by atoms with Crippen molar-refractivity contribution in [3.8, 4) is 0 Å². The van der Waals surface area contributed by atoms with E-state index in [2.05, 4.69) is 5.10 Å². The second kappa shape index (κ2) is 8.39. The van der Waals surface area contributed by atoms with Gasteiger partial charge in [-0.15, -0.1) is 0 Å². The van der Waals surface area contributed by atoms with Crippen molar-refractivity contribution in [2.45, 2.75) is 32.7 Å². The first kappa shape index (κ1) is 19.2. The zero-order valence-electron chi connectivity index (χ0n) is 15.2. The number of amides is 1. The first-order chi connectivity index (χ1) is 12.9. The van der Waals surface area contributed by atoms with Crippen LogP contribution in [0.15, 0.2) is 52.2 Å². The number of nitrogens with zero attached hydrogens (tertiary/aromatic N) is 2. The molecule has 0 saturated carbocycles. The van der Waals surface area contributed by atoms with Crippen molar-refractivity contribution < 1.29 is 18.7 Å². The number of carbonyl (C=O) groups is 2. The van der Waals surface area contributed by atoms with Gasteiger partial charge in [0.05, 0.1) is 12.0 Å². The number of carbonyl (C=O) groups excluding carboxylic acids is 2. The van der Waals surface area contributed by atoms with Crippen molar-refractivity contribution in [2.75, 3.05) is 6.61 Å². The third kappa shape index (κ3) is 4.77. The van der Waals surface area contributed by atoms with Crippen LogP contribution in [0.2, 0.25) is 5.02 Å². The Balaban J connectivity index is 1.76. The van der Waals surface area contributed by atoms with Crippen LogP contribution in [-0.4, -0.2) is 29.2 Å². The van der Waals surface area contributed by atoms with E-state index in [1.165, 1.54) is 5.01 Å². The second-order valence-electron chi connectivity index (χ2n) is 6.79. The zero-order valence-corrected chi connectivity index (χ0v) is 16.0. The van der Waals surface area contributed by atoms with Gasteiger partial charge in [-0.05, 0) is 35.7 Å². The summed E-state index contributed by atoms with van der Waals surface area (Å²) in [6.07, 6.45) is 2.33. The van der Waals surface area contributed by atoms with Crippen molar-refractivity contribution in [3.05, 3.63) is 59.0 Å². The van der Waals surface area contributed by atoms with Crippen LogP contribution in [0.4, 0.5) is 0 Å². The van der Waals surface area contributed by atoms with E-state index < -0.39 is 11.9 Å². The highest BCUT2D eigenvalue weighted by atomic mass is 35.5. The molecule has 0 spiro atoms. The Bertz CT molecular complexity index is 828. The first-order valence-electron chi connectivity index (χ1n) is 8.78. The molecule has 1 aromatic heterocycles. The lowest BCUT2D eigenvalue weighted by Crippen LogP contribution is -2.31. The molecule has 1 unspecified atom stereocenters. The number of hydrogen-bond acceptors (Lipinski definition) is 5. The molecule has 0 N–H and O–H groups in total. The SMILES string of the molecule is CC(C)CC(=O)OCC(=O)N1N=C(c2ccc(Cl)cc2)CC1c1ccco1. The third-order valence-electron chi connectivity index (χ3n) is 4.15. The van der Waals surface area contributed by atoms with Gasteiger partial charge in [0.25, 0.3) is 5.91 Å². The minimum atomic E-state index is -0.394.